The fourth-order valence-electron chi connectivity index (χ4n) is 17.7. The number of aromatic nitrogens is 5. The summed E-state index contributed by atoms with van der Waals surface area (Å²) in [5.74, 6) is 13.1. The number of methoxy groups -OCH3 is 1. The highest BCUT2D eigenvalue weighted by Crippen LogP contribution is 2.40. The van der Waals surface area contributed by atoms with Gasteiger partial charge in [-0.25, -0.2) is 24.9 Å². The van der Waals surface area contributed by atoms with Crippen LogP contribution in [-0.4, -0.2) is 119 Å². The monoisotopic (exact) mass is 1940 g/mol. The molecule has 5 N–H and O–H groups in total. The Morgan fingerprint density at radius 1 is 0.255 bits per heavy atom. The molecule has 740 valence electrons. The number of nitrogens with one attached hydrogen (secondary N) is 5. The molecule has 10 aromatic carbocycles. The van der Waals surface area contributed by atoms with Crippen molar-refractivity contribution in [1.29, 1.82) is 0 Å². The number of amides is 5. The number of carbonyl (C=O) groups is 5. The molecule has 0 saturated carbocycles. The van der Waals surface area contributed by atoms with Gasteiger partial charge in [-0.2, -0.15) is 0 Å². The number of hydrogen-bond acceptors (Lipinski definition) is 21. The van der Waals surface area contributed by atoms with Gasteiger partial charge in [0, 0.05) is 150 Å². The summed E-state index contributed by atoms with van der Waals surface area (Å²) in [6.07, 6.45) is 8.48. The third kappa shape index (κ3) is 24.6. The molecule has 15 aromatic rings. The van der Waals surface area contributed by atoms with E-state index < -0.39 is 0 Å². The Balaban J connectivity index is 0.000000130. The Hall–Kier alpha value is -16.9. The molecule has 0 unspecified atom stereocenters. The summed E-state index contributed by atoms with van der Waals surface area (Å²) in [7, 11) is 1.64. The number of aryl methyl sites for hydroxylation is 3. The zero-order valence-electron chi connectivity index (χ0n) is 84.4. The minimum Gasteiger partial charge on any atom is -0.497 e. The van der Waals surface area contributed by atoms with Crippen LogP contribution in [0.15, 0.2) is 310 Å². The Kier molecular flexibility index (Phi) is 32.8. The lowest BCUT2D eigenvalue weighted by Crippen LogP contribution is -2.22. The predicted octanol–water partition coefficient (Wildman–Crippen LogP) is 26.0. The van der Waals surface area contributed by atoms with Crippen LogP contribution in [0.25, 0.3) is 0 Å². The Labute approximate surface area is 848 Å². The van der Waals surface area contributed by atoms with Crippen molar-refractivity contribution in [2.24, 2.45) is 0 Å². The number of para-hydroxylation sites is 2. The van der Waals surface area contributed by atoms with Crippen LogP contribution < -0.4 is 55.0 Å². The highest BCUT2D eigenvalue weighted by molar-refractivity contribution is 6.02. The van der Waals surface area contributed by atoms with Crippen LogP contribution in [0.3, 0.4) is 0 Å². The van der Waals surface area contributed by atoms with Crippen molar-refractivity contribution in [2.75, 3.05) is 66.4 Å². The van der Waals surface area contributed by atoms with Crippen LogP contribution in [0.2, 0.25) is 0 Å². The zero-order valence-corrected chi connectivity index (χ0v) is 84.4. The van der Waals surface area contributed by atoms with Crippen LogP contribution in [-0.2, 0) is 32.7 Å². The molecule has 20 rings (SSSR count). The summed E-state index contributed by atoms with van der Waals surface area (Å²) in [5, 5.41) is 17.3. The molecular weight excluding hydrogens is 1820 g/mol. The van der Waals surface area contributed by atoms with E-state index in [0.29, 0.717) is 65.4 Å². The second-order valence-electron chi connectivity index (χ2n) is 36.1. The largest absolute Gasteiger partial charge is 0.497 e. The molecule has 26 nitrogen and oxygen atoms in total. The average Bonchev–Trinajstić information content (AvgIpc) is 1.66. The maximum atomic E-state index is 12.4. The lowest BCUT2D eigenvalue weighted by atomic mass is 10.1. The predicted molar refractivity (Wildman–Crippen MR) is 569 cm³/mol. The van der Waals surface area contributed by atoms with Crippen LogP contribution in [0.5, 0.6) is 63.2 Å². The van der Waals surface area contributed by atoms with Gasteiger partial charge in [0.25, 0.3) is 29.5 Å². The van der Waals surface area contributed by atoms with E-state index in [4.69, 9.17) is 28.4 Å². The number of anilines is 5. The first-order chi connectivity index (χ1) is 70.4. The minimum absolute atomic E-state index is 0.0322. The van der Waals surface area contributed by atoms with E-state index in [2.05, 4.69) is 117 Å². The molecule has 10 heterocycles. The van der Waals surface area contributed by atoms with E-state index in [1.54, 1.807) is 68.4 Å². The molecular formula is C119H123N15O11. The summed E-state index contributed by atoms with van der Waals surface area (Å²) in [6.45, 7) is 33.0. The minimum atomic E-state index is 0.0322. The van der Waals surface area contributed by atoms with Crippen molar-refractivity contribution in [3.05, 3.63) is 410 Å². The van der Waals surface area contributed by atoms with E-state index in [1.165, 1.54) is 11.1 Å². The third-order valence-corrected chi connectivity index (χ3v) is 26.3. The standard InChI is InChI=1S/C24H25N3O3.3C24H25N3O2.C23H23N3O2/c1-4-27-15-22-21(24(27)28)13-14-25-23(22)26-16(2)17-5-7-19(8-6-17)30-20-11-9-18(29-3)10-12-20;1-4-27-15-22-21(24(27)28)13-14-25-23(22)26-17(3)18-7-11-20(12-8-18)29-19-9-5-16(2)6-10-19;1-4-27-15-22-21(24(27)28)12-13-25-23(22)26-17(3)18-8-10-19(11-9-18)29-20-7-5-6-16(2)14-20;1-4-27-15-21-20(24(27)28)13-14-25-23(21)26-17(3)18-9-11-19(12-10-18)29-22-8-6-5-7-16(22)2;1-3-26-15-21-20(23(26)27)13-14-24-22(21)25-16(2)17-9-11-19(12-10-17)28-18-7-5-4-6-8-18/h5-14,16H,4,15H2,1-3H3,(H,25,26);3*5-14,17H,4,15H2,1-3H3,(H,25,26);4-14,16H,3,15H2,1-2H3,(H,24,25)/t16-;3*17-;16-/m00000/s1. The molecule has 5 aromatic heterocycles. The topological polar surface area (TPSA) is 282 Å². The van der Waals surface area contributed by atoms with Crippen LogP contribution in [0.1, 0.15) is 224 Å². The van der Waals surface area contributed by atoms with E-state index >= 15 is 0 Å². The molecule has 5 atom stereocenters. The summed E-state index contributed by atoms with van der Waals surface area (Å²) in [5.41, 5.74) is 17.7. The Bertz CT molecular complexity index is 7020. The van der Waals surface area contributed by atoms with Gasteiger partial charge >= 0.3 is 0 Å². The number of rotatable bonds is 31. The highest BCUT2D eigenvalue weighted by Gasteiger charge is 2.35. The normalized spacial score (nSPS) is 13.9. The molecule has 0 spiro atoms. The average molecular weight is 1940 g/mol. The van der Waals surface area contributed by atoms with Crippen molar-refractivity contribution in [3.63, 3.8) is 0 Å². The molecule has 0 aliphatic carbocycles. The van der Waals surface area contributed by atoms with E-state index in [-0.39, 0.29) is 59.7 Å². The number of fused-ring (bicyclic) bond motifs is 5. The lowest BCUT2D eigenvalue weighted by Gasteiger charge is -2.18. The van der Waals surface area contributed by atoms with Crippen molar-refractivity contribution in [2.45, 2.75) is 153 Å². The summed E-state index contributed by atoms with van der Waals surface area (Å²) in [6, 6.07) is 90.6. The number of benzene rings is 10. The maximum absolute atomic E-state index is 12.4. The molecule has 5 aliphatic heterocycles. The Morgan fingerprint density at radius 2 is 0.490 bits per heavy atom. The summed E-state index contributed by atoms with van der Waals surface area (Å²) >= 11 is 0. The fraction of sp³-hybridized carbons (Fsp3) is 0.244. The second-order valence-corrected chi connectivity index (χ2v) is 36.1. The summed E-state index contributed by atoms with van der Waals surface area (Å²) in [4.78, 5) is 93.6. The van der Waals surface area contributed by atoms with Crippen LogP contribution in [0.4, 0.5) is 29.1 Å². The number of ether oxygens (including phenoxy) is 6. The molecule has 5 amide bonds. The number of pyridine rings is 5. The van der Waals surface area contributed by atoms with Crippen molar-refractivity contribution >= 4 is 58.6 Å². The van der Waals surface area contributed by atoms with Crippen molar-refractivity contribution in [3.8, 4) is 63.2 Å². The van der Waals surface area contributed by atoms with Gasteiger partial charge < -0.3 is 79.5 Å². The molecule has 145 heavy (non-hydrogen) atoms. The molecule has 0 fully saturated rings. The van der Waals surface area contributed by atoms with Crippen molar-refractivity contribution < 1.29 is 52.4 Å². The van der Waals surface area contributed by atoms with Gasteiger partial charge in [0.2, 0.25) is 0 Å². The first-order valence-corrected chi connectivity index (χ1v) is 49.4. The van der Waals surface area contributed by atoms with Gasteiger partial charge in [0.05, 0.1) is 39.8 Å². The number of hydrogen-bond donors (Lipinski definition) is 5. The first kappa shape index (κ1) is 101. The SMILES string of the molecule is CCN1Cc2c(ccnc2N[C@@H](C)c2ccc(Oc3ccc(C)cc3)cc2)C1=O.CCN1Cc2c(ccnc2N[C@@H](C)c2ccc(Oc3ccc(OC)cc3)cc2)C1=O.CCN1Cc2c(ccnc2N[C@@H](C)c2ccc(Oc3cccc(C)c3)cc2)C1=O.CCN1Cc2c(ccnc2N[C@@H](C)c2ccc(Oc3ccccc3)cc2)C1=O.CCN1Cc2c(ccnc2N[C@@H](C)c2ccc(Oc3ccccc3C)cc2)C1=O. The van der Waals surface area contributed by atoms with E-state index in [9.17, 15) is 24.0 Å². The molecule has 0 saturated heterocycles. The van der Waals surface area contributed by atoms with Gasteiger partial charge in [0.1, 0.15) is 92.3 Å². The number of carbonyl (C=O) groups excluding carboxylic acids is 5. The zero-order chi connectivity index (χ0) is 102. The molecule has 0 bridgehead atoms. The van der Waals surface area contributed by atoms with Crippen LogP contribution >= 0.6 is 0 Å². The second kappa shape index (κ2) is 47.1. The fourth-order valence-corrected chi connectivity index (χ4v) is 17.7. The van der Waals surface area contributed by atoms with E-state index in [1.807, 2.05) is 297 Å². The van der Waals surface area contributed by atoms with Gasteiger partial charge in [-0.05, 0) is 287 Å². The molecule has 26 heteroatoms. The van der Waals surface area contributed by atoms with Crippen molar-refractivity contribution in [1.82, 2.24) is 49.4 Å². The quantitative estimate of drug-likeness (QED) is 0.0270. The highest BCUT2D eigenvalue weighted by atomic mass is 16.5. The smallest absolute Gasteiger partial charge is 0.254 e. The maximum Gasteiger partial charge on any atom is 0.254 e. The molecule has 5 aliphatic rings. The van der Waals surface area contributed by atoms with E-state index in [0.717, 1.165) is 181 Å². The van der Waals surface area contributed by atoms with Gasteiger partial charge in [-0.1, -0.05) is 127 Å². The van der Waals surface area contributed by atoms with Gasteiger partial charge in [-0.15, -0.1) is 0 Å². The summed E-state index contributed by atoms with van der Waals surface area (Å²) < 4.78 is 34.7. The van der Waals surface area contributed by atoms with Crippen LogP contribution in [0, 0.1) is 20.8 Å². The van der Waals surface area contributed by atoms with Gasteiger partial charge in [-0.3, -0.25) is 24.0 Å². The molecule has 0 radical (unpaired) electrons. The first-order valence-electron chi connectivity index (χ1n) is 49.4. The third-order valence-electron chi connectivity index (χ3n) is 26.3. The number of nitrogens with zero attached hydrogens (tertiary/aromatic N) is 10. The lowest BCUT2D eigenvalue weighted by molar-refractivity contribution is 0.0779. The Morgan fingerprint density at radius 3 is 0.759 bits per heavy atom. The van der Waals surface area contributed by atoms with Gasteiger partial charge in [0.15, 0.2) is 0 Å².